The second-order valence-corrected chi connectivity index (χ2v) is 5.96. The van der Waals surface area contributed by atoms with E-state index in [9.17, 15) is 0 Å². The van der Waals surface area contributed by atoms with Gasteiger partial charge in [-0.2, -0.15) is 4.98 Å². The standard InChI is InChI=1S/C18H17N5O2/c1-23(2)16-10-13(8-9-19-16)17-20-18(25-22-17)15-11-14(21-24-15)12-6-4-3-5-7-12/h3-10,15H,11H2,1-2H3. The summed E-state index contributed by atoms with van der Waals surface area (Å²) < 4.78 is 5.39. The lowest BCUT2D eigenvalue weighted by molar-refractivity contribution is 0.0599. The molecule has 0 radical (unpaired) electrons. The monoisotopic (exact) mass is 335 g/mol. The van der Waals surface area contributed by atoms with Crippen molar-refractivity contribution in [1.29, 1.82) is 0 Å². The molecule has 1 aromatic carbocycles. The van der Waals surface area contributed by atoms with Gasteiger partial charge >= 0.3 is 0 Å². The highest BCUT2D eigenvalue weighted by Crippen LogP contribution is 2.30. The van der Waals surface area contributed by atoms with Crippen LogP contribution in [0.2, 0.25) is 0 Å². The Hall–Kier alpha value is -3.22. The first kappa shape index (κ1) is 15.3. The third-order valence-corrected chi connectivity index (χ3v) is 3.95. The third-order valence-electron chi connectivity index (χ3n) is 3.95. The van der Waals surface area contributed by atoms with Gasteiger partial charge < -0.3 is 14.3 Å². The Morgan fingerprint density at radius 2 is 1.92 bits per heavy atom. The van der Waals surface area contributed by atoms with E-state index in [0.717, 1.165) is 22.7 Å². The van der Waals surface area contributed by atoms with E-state index in [2.05, 4.69) is 20.3 Å². The second kappa shape index (κ2) is 6.35. The van der Waals surface area contributed by atoms with Crippen molar-refractivity contribution >= 4 is 11.5 Å². The molecule has 1 atom stereocenters. The number of anilines is 1. The van der Waals surface area contributed by atoms with Crippen molar-refractivity contribution in [3.8, 4) is 11.4 Å². The van der Waals surface area contributed by atoms with Crippen molar-refractivity contribution in [3.05, 3.63) is 60.1 Å². The molecule has 2 aromatic heterocycles. The molecule has 7 heteroatoms. The first-order valence-corrected chi connectivity index (χ1v) is 7.96. The van der Waals surface area contributed by atoms with Crippen LogP contribution < -0.4 is 4.90 Å². The Kier molecular flexibility index (Phi) is 3.89. The van der Waals surface area contributed by atoms with Crippen LogP contribution in [-0.2, 0) is 4.84 Å². The molecule has 1 unspecified atom stereocenters. The van der Waals surface area contributed by atoms with Gasteiger partial charge in [-0.1, -0.05) is 40.6 Å². The van der Waals surface area contributed by atoms with Crippen LogP contribution in [0.15, 0.2) is 58.3 Å². The van der Waals surface area contributed by atoms with Crippen LogP contribution in [0.25, 0.3) is 11.4 Å². The lowest BCUT2D eigenvalue weighted by atomic mass is 10.1. The lowest BCUT2D eigenvalue weighted by Gasteiger charge is -2.10. The Morgan fingerprint density at radius 3 is 2.72 bits per heavy atom. The van der Waals surface area contributed by atoms with Gasteiger partial charge in [-0.25, -0.2) is 4.98 Å². The van der Waals surface area contributed by atoms with Crippen LogP contribution in [-0.4, -0.2) is 34.9 Å². The van der Waals surface area contributed by atoms with Crippen LogP contribution in [0.4, 0.5) is 5.82 Å². The molecule has 0 saturated carbocycles. The van der Waals surface area contributed by atoms with Gasteiger partial charge in [-0.05, 0) is 17.7 Å². The summed E-state index contributed by atoms with van der Waals surface area (Å²) in [6, 6.07) is 13.7. The normalized spacial score (nSPS) is 16.4. The van der Waals surface area contributed by atoms with Gasteiger partial charge in [0, 0.05) is 32.3 Å². The van der Waals surface area contributed by atoms with E-state index >= 15 is 0 Å². The number of benzene rings is 1. The Morgan fingerprint density at radius 1 is 1.08 bits per heavy atom. The maximum absolute atomic E-state index is 5.49. The Bertz CT molecular complexity index is 905. The fourth-order valence-electron chi connectivity index (χ4n) is 2.60. The highest BCUT2D eigenvalue weighted by Gasteiger charge is 2.29. The molecular formula is C18H17N5O2. The van der Waals surface area contributed by atoms with E-state index in [4.69, 9.17) is 9.36 Å². The Labute approximate surface area is 144 Å². The van der Waals surface area contributed by atoms with Gasteiger partial charge in [0.1, 0.15) is 5.82 Å². The third kappa shape index (κ3) is 3.08. The highest BCUT2D eigenvalue weighted by molar-refractivity contribution is 6.01. The van der Waals surface area contributed by atoms with Crippen LogP contribution in [0.1, 0.15) is 24.0 Å². The smallest absolute Gasteiger partial charge is 0.271 e. The molecule has 0 fully saturated rings. The SMILES string of the molecule is CN(C)c1cc(-c2noc(C3CC(c4ccccc4)=NO3)n2)ccn1. The summed E-state index contributed by atoms with van der Waals surface area (Å²) in [6.07, 6.45) is 1.97. The molecular weight excluding hydrogens is 318 g/mol. The van der Waals surface area contributed by atoms with Gasteiger partial charge in [0.25, 0.3) is 5.89 Å². The predicted octanol–water partition coefficient (Wildman–Crippen LogP) is 3.06. The summed E-state index contributed by atoms with van der Waals surface area (Å²) in [6.45, 7) is 0. The van der Waals surface area contributed by atoms with E-state index in [1.807, 2.05) is 61.5 Å². The van der Waals surface area contributed by atoms with Crippen molar-refractivity contribution in [1.82, 2.24) is 15.1 Å². The molecule has 25 heavy (non-hydrogen) atoms. The molecule has 7 nitrogen and oxygen atoms in total. The number of hydrogen-bond donors (Lipinski definition) is 0. The van der Waals surface area contributed by atoms with Crippen molar-refractivity contribution in [2.75, 3.05) is 19.0 Å². The Balaban J connectivity index is 1.52. The maximum Gasteiger partial charge on any atom is 0.271 e. The fraction of sp³-hybridized carbons (Fsp3) is 0.222. The van der Waals surface area contributed by atoms with Crippen molar-refractivity contribution < 1.29 is 9.36 Å². The molecule has 0 N–H and O–H groups in total. The zero-order chi connectivity index (χ0) is 17.2. The lowest BCUT2D eigenvalue weighted by Crippen LogP contribution is -2.10. The molecule has 1 aliphatic rings. The van der Waals surface area contributed by atoms with Crippen molar-refractivity contribution in [2.45, 2.75) is 12.5 Å². The van der Waals surface area contributed by atoms with E-state index in [-0.39, 0.29) is 6.10 Å². The molecule has 0 amide bonds. The minimum atomic E-state index is -0.355. The van der Waals surface area contributed by atoms with Gasteiger partial charge in [0.2, 0.25) is 11.9 Å². The predicted molar refractivity (Wildman–Crippen MR) is 93.3 cm³/mol. The maximum atomic E-state index is 5.49. The van der Waals surface area contributed by atoms with Crippen molar-refractivity contribution in [2.24, 2.45) is 5.16 Å². The average Bonchev–Trinajstić information content (AvgIpc) is 3.32. The number of nitrogens with zero attached hydrogens (tertiary/aromatic N) is 5. The van der Waals surface area contributed by atoms with Crippen molar-refractivity contribution in [3.63, 3.8) is 0 Å². The summed E-state index contributed by atoms with van der Waals surface area (Å²) in [5, 5.41) is 8.22. The van der Waals surface area contributed by atoms with E-state index in [0.29, 0.717) is 18.1 Å². The minimum absolute atomic E-state index is 0.355. The van der Waals surface area contributed by atoms with Gasteiger partial charge in [-0.15, -0.1) is 0 Å². The molecule has 0 bridgehead atoms. The number of hydrogen-bond acceptors (Lipinski definition) is 7. The summed E-state index contributed by atoms with van der Waals surface area (Å²) in [5.74, 6) is 1.76. The van der Waals surface area contributed by atoms with Gasteiger partial charge in [0.05, 0.1) is 5.71 Å². The van der Waals surface area contributed by atoms with E-state index in [1.54, 1.807) is 6.20 Å². The number of rotatable bonds is 4. The molecule has 4 rings (SSSR count). The van der Waals surface area contributed by atoms with Gasteiger partial charge in [-0.3, -0.25) is 0 Å². The largest absolute Gasteiger partial charge is 0.382 e. The quantitative estimate of drug-likeness (QED) is 0.729. The van der Waals surface area contributed by atoms with Crippen LogP contribution in [0.5, 0.6) is 0 Å². The average molecular weight is 335 g/mol. The highest BCUT2D eigenvalue weighted by atomic mass is 16.7. The first-order chi connectivity index (χ1) is 12.2. The molecule has 126 valence electrons. The zero-order valence-corrected chi connectivity index (χ0v) is 14.0. The van der Waals surface area contributed by atoms with Crippen LogP contribution in [0.3, 0.4) is 0 Å². The van der Waals surface area contributed by atoms with E-state index < -0.39 is 0 Å². The molecule has 3 aromatic rings. The number of oxime groups is 1. The summed E-state index contributed by atoms with van der Waals surface area (Å²) >= 11 is 0. The fourth-order valence-corrected chi connectivity index (χ4v) is 2.60. The molecule has 0 saturated heterocycles. The summed E-state index contributed by atoms with van der Waals surface area (Å²) in [7, 11) is 3.87. The number of aromatic nitrogens is 3. The summed E-state index contributed by atoms with van der Waals surface area (Å²) in [5.41, 5.74) is 2.76. The first-order valence-electron chi connectivity index (χ1n) is 7.96. The van der Waals surface area contributed by atoms with Crippen LogP contribution in [0, 0.1) is 0 Å². The molecule has 0 spiro atoms. The molecule has 3 heterocycles. The zero-order valence-electron chi connectivity index (χ0n) is 14.0. The molecule has 1 aliphatic heterocycles. The topological polar surface area (TPSA) is 76.6 Å². The van der Waals surface area contributed by atoms with Crippen LogP contribution >= 0.6 is 0 Å². The van der Waals surface area contributed by atoms with E-state index in [1.165, 1.54) is 0 Å². The number of pyridine rings is 1. The second-order valence-electron chi connectivity index (χ2n) is 5.96. The van der Waals surface area contributed by atoms with Gasteiger partial charge in [0.15, 0.2) is 0 Å². The summed E-state index contributed by atoms with van der Waals surface area (Å²) in [4.78, 5) is 16.2. The minimum Gasteiger partial charge on any atom is -0.382 e. The molecule has 0 aliphatic carbocycles.